The standard InChI is InChI=1S/C25H25N5O3/c1-17-15-19(30-24(32)33-16-25(30,2)3)9-10-21(17)29-14-12-22(31)23(28-29)20(11-13-26)27-18-7-5-4-6-8-18/h4-15H,16,26H2,1-3H3. The average molecular weight is 444 g/mol. The van der Waals surface area contributed by atoms with E-state index in [-0.39, 0.29) is 17.2 Å². The molecule has 1 aliphatic rings. The summed E-state index contributed by atoms with van der Waals surface area (Å²) in [6.07, 6.45) is 4.12. The molecule has 33 heavy (non-hydrogen) atoms. The monoisotopic (exact) mass is 443 g/mol. The molecule has 0 saturated carbocycles. The lowest BCUT2D eigenvalue weighted by Crippen LogP contribution is -2.42. The zero-order valence-corrected chi connectivity index (χ0v) is 18.7. The third-order valence-corrected chi connectivity index (χ3v) is 5.33. The summed E-state index contributed by atoms with van der Waals surface area (Å²) in [7, 11) is 0. The van der Waals surface area contributed by atoms with Gasteiger partial charge in [-0.1, -0.05) is 18.2 Å². The highest BCUT2D eigenvalue weighted by molar-refractivity contribution is 6.08. The molecular weight excluding hydrogens is 418 g/mol. The molecule has 0 spiro atoms. The van der Waals surface area contributed by atoms with E-state index in [1.54, 1.807) is 21.9 Å². The molecule has 1 fully saturated rings. The van der Waals surface area contributed by atoms with Crippen molar-refractivity contribution in [1.29, 1.82) is 0 Å². The molecule has 8 heteroatoms. The Morgan fingerprint density at radius 2 is 1.91 bits per heavy atom. The van der Waals surface area contributed by atoms with Crippen molar-refractivity contribution in [3.8, 4) is 5.69 Å². The van der Waals surface area contributed by atoms with Crippen LogP contribution in [-0.2, 0) is 4.74 Å². The third kappa shape index (κ3) is 4.41. The number of para-hydroxylation sites is 1. The Labute approximate surface area is 191 Å². The van der Waals surface area contributed by atoms with Crippen molar-refractivity contribution in [1.82, 2.24) is 9.78 Å². The second-order valence-electron chi connectivity index (χ2n) is 8.34. The maximum Gasteiger partial charge on any atom is 0.414 e. The van der Waals surface area contributed by atoms with Crippen molar-refractivity contribution in [3.63, 3.8) is 0 Å². The fourth-order valence-corrected chi connectivity index (χ4v) is 3.73. The van der Waals surface area contributed by atoms with Crippen LogP contribution >= 0.6 is 0 Å². The van der Waals surface area contributed by atoms with E-state index in [9.17, 15) is 9.59 Å². The van der Waals surface area contributed by atoms with Crippen LogP contribution in [0, 0.1) is 6.92 Å². The molecule has 1 aromatic heterocycles. The first-order valence-electron chi connectivity index (χ1n) is 10.5. The van der Waals surface area contributed by atoms with E-state index in [4.69, 9.17) is 10.5 Å². The Morgan fingerprint density at radius 3 is 2.55 bits per heavy atom. The van der Waals surface area contributed by atoms with Gasteiger partial charge in [0.25, 0.3) is 0 Å². The molecular formula is C25H25N5O3. The fourth-order valence-electron chi connectivity index (χ4n) is 3.73. The smallest absolute Gasteiger partial charge is 0.414 e. The Kier molecular flexibility index (Phi) is 5.83. The first kappa shape index (κ1) is 22.0. The van der Waals surface area contributed by atoms with Crippen LogP contribution in [0.25, 0.3) is 5.69 Å². The predicted molar refractivity (Wildman–Crippen MR) is 128 cm³/mol. The van der Waals surface area contributed by atoms with Crippen LogP contribution in [0.4, 0.5) is 16.2 Å². The fraction of sp³-hybridized carbons (Fsp3) is 0.200. The lowest BCUT2D eigenvalue weighted by molar-refractivity contribution is 0.175. The minimum atomic E-state index is -0.439. The van der Waals surface area contributed by atoms with Gasteiger partial charge in [0.05, 0.1) is 22.6 Å². The minimum absolute atomic E-state index is 0.177. The highest BCUT2D eigenvalue weighted by Gasteiger charge is 2.41. The van der Waals surface area contributed by atoms with Gasteiger partial charge < -0.3 is 10.5 Å². The number of rotatable bonds is 5. The van der Waals surface area contributed by atoms with E-state index in [0.29, 0.717) is 18.0 Å². The summed E-state index contributed by atoms with van der Waals surface area (Å²) in [5.74, 6) is 0. The predicted octanol–water partition coefficient (Wildman–Crippen LogP) is 3.87. The van der Waals surface area contributed by atoms with Crippen molar-refractivity contribution >= 4 is 23.2 Å². The number of allylic oxidation sites excluding steroid dienone is 1. The SMILES string of the molecule is Cc1cc(N2C(=O)OCC2(C)C)ccc1-n1ccc(=O)c(C(C=CN)=Nc2ccccc2)n1. The van der Waals surface area contributed by atoms with Crippen molar-refractivity contribution in [3.05, 3.63) is 94.6 Å². The summed E-state index contributed by atoms with van der Waals surface area (Å²) in [6.45, 7) is 6.16. The highest BCUT2D eigenvalue weighted by atomic mass is 16.6. The molecule has 1 aliphatic heterocycles. The Hall–Kier alpha value is -4.20. The molecule has 8 nitrogen and oxygen atoms in total. The van der Waals surface area contributed by atoms with E-state index in [1.807, 2.05) is 69.3 Å². The topological polar surface area (TPSA) is 103 Å². The second kappa shape index (κ2) is 8.74. The number of amides is 1. The number of aliphatic imine (C=N–C) groups is 1. The van der Waals surface area contributed by atoms with E-state index in [2.05, 4.69) is 10.1 Å². The van der Waals surface area contributed by atoms with Crippen LogP contribution < -0.4 is 16.1 Å². The summed E-state index contributed by atoms with van der Waals surface area (Å²) in [6, 6.07) is 16.3. The molecule has 0 atom stereocenters. The van der Waals surface area contributed by atoms with Crippen LogP contribution in [-0.4, -0.2) is 33.7 Å². The Balaban J connectivity index is 1.75. The number of benzene rings is 2. The zero-order valence-electron chi connectivity index (χ0n) is 18.7. The first-order chi connectivity index (χ1) is 15.8. The van der Waals surface area contributed by atoms with Crippen LogP contribution in [0.2, 0.25) is 0 Å². The molecule has 168 valence electrons. The van der Waals surface area contributed by atoms with Crippen molar-refractivity contribution in [2.75, 3.05) is 11.5 Å². The van der Waals surface area contributed by atoms with Gasteiger partial charge in [-0.15, -0.1) is 0 Å². The third-order valence-electron chi connectivity index (χ3n) is 5.33. The molecule has 0 bridgehead atoms. The van der Waals surface area contributed by atoms with Crippen LogP contribution in [0.5, 0.6) is 0 Å². The molecule has 3 aromatic rings. The maximum atomic E-state index is 12.6. The molecule has 1 amide bonds. The van der Waals surface area contributed by atoms with E-state index < -0.39 is 5.54 Å². The zero-order chi connectivity index (χ0) is 23.6. The first-order valence-corrected chi connectivity index (χ1v) is 10.5. The number of anilines is 1. The molecule has 0 aliphatic carbocycles. The maximum absolute atomic E-state index is 12.6. The second-order valence-corrected chi connectivity index (χ2v) is 8.34. The number of hydrogen-bond acceptors (Lipinski definition) is 6. The van der Waals surface area contributed by atoms with Gasteiger partial charge in [0, 0.05) is 18.0 Å². The lowest BCUT2D eigenvalue weighted by atomic mass is 10.0. The minimum Gasteiger partial charge on any atom is -0.447 e. The number of carbonyl (C=O) groups excluding carboxylic acids is 1. The molecule has 0 radical (unpaired) electrons. The molecule has 0 unspecified atom stereocenters. The number of hydrogen-bond donors (Lipinski definition) is 1. The number of ether oxygens (including phenoxy) is 1. The average Bonchev–Trinajstić information content (AvgIpc) is 3.07. The number of nitrogens with zero attached hydrogens (tertiary/aromatic N) is 4. The van der Waals surface area contributed by atoms with Crippen LogP contribution in [0.15, 0.2) is 82.9 Å². The van der Waals surface area contributed by atoms with E-state index in [0.717, 1.165) is 16.9 Å². The van der Waals surface area contributed by atoms with Gasteiger partial charge in [0.2, 0.25) is 5.43 Å². The van der Waals surface area contributed by atoms with Crippen LogP contribution in [0.1, 0.15) is 25.1 Å². The normalized spacial score (nSPS) is 15.8. The largest absolute Gasteiger partial charge is 0.447 e. The van der Waals surface area contributed by atoms with Gasteiger partial charge in [0.1, 0.15) is 6.61 Å². The Morgan fingerprint density at radius 1 is 1.15 bits per heavy atom. The van der Waals surface area contributed by atoms with Crippen molar-refractivity contribution in [2.45, 2.75) is 26.3 Å². The van der Waals surface area contributed by atoms with E-state index in [1.165, 1.54) is 12.3 Å². The number of carbonyl (C=O) groups is 1. The number of nitrogens with two attached hydrogens (primary N) is 1. The molecule has 2 heterocycles. The summed E-state index contributed by atoms with van der Waals surface area (Å²) < 4.78 is 6.84. The summed E-state index contributed by atoms with van der Waals surface area (Å²) in [5, 5.41) is 4.55. The Bertz CT molecular complexity index is 1310. The summed E-state index contributed by atoms with van der Waals surface area (Å²) in [4.78, 5) is 31.1. The summed E-state index contributed by atoms with van der Waals surface area (Å²) in [5.41, 5.74) is 8.50. The van der Waals surface area contributed by atoms with E-state index >= 15 is 0 Å². The van der Waals surface area contributed by atoms with Crippen molar-refractivity contribution < 1.29 is 9.53 Å². The summed E-state index contributed by atoms with van der Waals surface area (Å²) >= 11 is 0. The molecule has 1 saturated heterocycles. The highest BCUT2D eigenvalue weighted by Crippen LogP contribution is 2.32. The number of aryl methyl sites for hydroxylation is 1. The quantitative estimate of drug-likeness (QED) is 0.603. The van der Waals surface area contributed by atoms with Gasteiger partial charge in [-0.25, -0.2) is 14.5 Å². The molecule has 4 rings (SSSR count). The van der Waals surface area contributed by atoms with Gasteiger partial charge in [-0.2, -0.15) is 5.10 Å². The van der Waals surface area contributed by atoms with Gasteiger partial charge in [-0.3, -0.25) is 9.69 Å². The van der Waals surface area contributed by atoms with Gasteiger partial charge in [-0.05, 0) is 68.9 Å². The molecule has 2 N–H and O–H groups in total. The van der Waals surface area contributed by atoms with Gasteiger partial charge >= 0.3 is 6.09 Å². The lowest BCUT2D eigenvalue weighted by Gasteiger charge is -2.28. The number of aromatic nitrogens is 2. The molecule has 2 aromatic carbocycles. The van der Waals surface area contributed by atoms with Crippen molar-refractivity contribution in [2.24, 2.45) is 10.7 Å². The van der Waals surface area contributed by atoms with Gasteiger partial charge in [0.15, 0.2) is 5.69 Å². The van der Waals surface area contributed by atoms with Crippen LogP contribution in [0.3, 0.4) is 0 Å². The number of cyclic esters (lactones) is 1.